The van der Waals surface area contributed by atoms with Gasteiger partial charge in [0, 0.05) is 31.8 Å². The molecule has 4 rings (SSSR count). The van der Waals surface area contributed by atoms with Gasteiger partial charge in [0.1, 0.15) is 11.5 Å². The summed E-state index contributed by atoms with van der Waals surface area (Å²) in [5.41, 5.74) is 5.42. The highest BCUT2D eigenvalue weighted by atomic mass is 32.1. The third-order valence-corrected chi connectivity index (χ3v) is 5.63. The van der Waals surface area contributed by atoms with Gasteiger partial charge in [-0.25, -0.2) is 4.98 Å². The zero-order chi connectivity index (χ0) is 16.7. The zero-order valence-electron chi connectivity index (χ0n) is 13.8. The van der Waals surface area contributed by atoms with E-state index < -0.39 is 0 Å². The van der Waals surface area contributed by atoms with Gasteiger partial charge in [-0.1, -0.05) is 0 Å². The van der Waals surface area contributed by atoms with E-state index >= 15 is 0 Å². The van der Waals surface area contributed by atoms with Crippen molar-refractivity contribution < 1.29 is 4.42 Å². The smallest absolute Gasteiger partial charge is 0.134 e. The largest absolute Gasteiger partial charge is 0.461 e. The molecular weight excluding hydrogens is 334 g/mol. The van der Waals surface area contributed by atoms with Gasteiger partial charge in [0.2, 0.25) is 0 Å². The van der Waals surface area contributed by atoms with Crippen LogP contribution in [0.3, 0.4) is 0 Å². The molecule has 0 saturated carbocycles. The summed E-state index contributed by atoms with van der Waals surface area (Å²) in [7, 11) is 0. The lowest BCUT2D eigenvalue weighted by molar-refractivity contribution is 0.548. The van der Waals surface area contributed by atoms with Crippen LogP contribution in [0.2, 0.25) is 0 Å². The van der Waals surface area contributed by atoms with Gasteiger partial charge in [-0.3, -0.25) is 0 Å². The van der Waals surface area contributed by atoms with Crippen molar-refractivity contribution in [3.05, 3.63) is 62.7 Å². The second kappa shape index (κ2) is 6.04. The normalized spacial score (nSPS) is 11.1. The van der Waals surface area contributed by atoms with E-state index in [4.69, 9.17) is 9.40 Å². The first-order chi connectivity index (χ1) is 11.6. The van der Waals surface area contributed by atoms with E-state index in [0.29, 0.717) is 0 Å². The molecule has 4 aromatic heterocycles. The Hall–Kier alpha value is -2.17. The van der Waals surface area contributed by atoms with Gasteiger partial charge < -0.3 is 4.42 Å². The maximum Gasteiger partial charge on any atom is 0.134 e. The van der Waals surface area contributed by atoms with Gasteiger partial charge in [-0.05, 0) is 62.5 Å². The molecule has 120 valence electrons. The molecule has 0 aliphatic rings. The molecule has 0 fully saturated rings. The molecule has 0 atom stereocenters. The predicted molar refractivity (Wildman–Crippen MR) is 103 cm³/mol. The van der Waals surface area contributed by atoms with Crippen molar-refractivity contribution in [2.24, 2.45) is 0 Å². The van der Waals surface area contributed by atoms with E-state index in [1.165, 1.54) is 15.3 Å². The lowest BCUT2D eigenvalue weighted by Gasteiger charge is -2.07. The average molecular weight is 351 g/mol. The van der Waals surface area contributed by atoms with Gasteiger partial charge in [0.15, 0.2) is 0 Å². The lowest BCUT2D eigenvalue weighted by atomic mass is 10.1. The van der Waals surface area contributed by atoms with E-state index in [0.717, 1.165) is 34.0 Å². The number of pyridine rings is 1. The number of nitrogens with zero attached hydrogens (tertiary/aromatic N) is 1. The molecule has 0 N–H and O–H groups in total. The van der Waals surface area contributed by atoms with Crippen molar-refractivity contribution in [2.45, 2.75) is 20.8 Å². The van der Waals surface area contributed by atoms with Crippen molar-refractivity contribution in [1.29, 1.82) is 0 Å². The molecule has 2 nitrogen and oxygen atoms in total. The Kier molecular flexibility index (Phi) is 3.87. The van der Waals surface area contributed by atoms with Crippen molar-refractivity contribution in [3.63, 3.8) is 0 Å². The molecule has 0 unspecified atom stereocenters. The van der Waals surface area contributed by atoms with Crippen LogP contribution in [-0.4, -0.2) is 4.98 Å². The van der Waals surface area contributed by atoms with E-state index in [9.17, 15) is 0 Å². The Balaban J connectivity index is 1.93. The maximum absolute atomic E-state index is 5.85. The fourth-order valence-electron chi connectivity index (χ4n) is 2.84. The second-order valence-corrected chi connectivity index (χ2v) is 8.12. The minimum atomic E-state index is 0.886. The minimum absolute atomic E-state index is 0.886. The summed E-state index contributed by atoms with van der Waals surface area (Å²) in [4.78, 5) is 7.53. The van der Waals surface area contributed by atoms with Crippen LogP contribution < -0.4 is 0 Å². The van der Waals surface area contributed by atoms with Crippen LogP contribution in [-0.2, 0) is 0 Å². The SMILES string of the molecule is Cc1ccc(-c2cc(-c3ccsc3)nc(-c3cc(C)sc3C)c2)o1. The monoisotopic (exact) mass is 351 g/mol. The van der Waals surface area contributed by atoms with Crippen molar-refractivity contribution >= 4 is 22.7 Å². The Morgan fingerprint density at radius 3 is 2.38 bits per heavy atom. The molecular formula is C20H17NOS2. The summed E-state index contributed by atoms with van der Waals surface area (Å²) in [5.74, 6) is 1.81. The van der Waals surface area contributed by atoms with Crippen LogP contribution in [0.25, 0.3) is 33.8 Å². The van der Waals surface area contributed by atoms with Gasteiger partial charge >= 0.3 is 0 Å². The summed E-state index contributed by atoms with van der Waals surface area (Å²) >= 11 is 3.50. The Labute approximate surface area is 149 Å². The number of aryl methyl sites for hydroxylation is 3. The van der Waals surface area contributed by atoms with E-state index in [-0.39, 0.29) is 0 Å². The van der Waals surface area contributed by atoms with Gasteiger partial charge in [-0.2, -0.15) is 11.3 Å². The first-order valence-corrected chi connectivity index (χ1v) is 9.55. The first kappa shape index (κ1) is 15.4. The highest BCUT2D eigenvalue weighted by Crippen LogP contribution is 2.35. The van der Waals surface area contributed by atoms with E-state index in [1.807, 2.05) is 30.4 Å². The minimum Gasteiger partial charge on any atom is -0.461 e. The van der Waals surface area contributed by atoms with Crippen LogP contribution in [0.5, 0.6) is 0 Å². The van der Waals surface area contributed by atoms with Crippen LogP contribution >= 0.6 is 22.7 Å². The zero-order valence-corrected chi connectivity index (χ0v) is 15.4. The third-order valence-electron chi connectivity index (χ3n) is 3.98. The molecule has 0 aliphatic heterocycles. The second-order valence-electron chi connectivity index (χ2n) is 5.88. The molecule has 0 spiro atoms. The number of hydrogen-bond donors (Lipinski definition) is 0. The third kappa shape index (κ3) is 2.83. The Morgan fingerprint density at radius 1 is 0.917 bits per heavy atom. The van der Waals surface area contributed by atoms with E-state index in [1.54, 1.807) is 11.3 Å². The molecule has 4 heterocycles. The topological polar surface area (TPSA) is 26.0 Å². The summed E-state index contributed by atoms with van der Waals surface area (Å²) in [6.07, 6.45) is 0. The van der Waals surface area contributed by atoms with Crippen LogP contribution in [0.1, 0.15) is 15.5 Å². The Morgan fingerprint density at radius 2 is 1.75 bits per heavy atom. The number of thiophene rings is 2. The van der Waals surface area contributed by atoms with Gasteiger partial charge in [0.25, 0.3) is 0 Å². The summed E-state index contributed by atoms with van der Waals surface area (Å²) in [6, 6.07) is 12.6. The number of aromatic nitrogens is 1. The van der Waals surface area contributed by atoms with Crippen LogP contribution in [0.15, 0.2) is 51.6 Å². The highest BCUT2D eigenvalue weighted by Gasteiger charge is 2.13. The molecule has 4 heteroatoms. The highest BCUT2D eigenvalue weighted by molar-refractivity contribution is 7.12. The first-order valence-electron chi connectivity index (χ1n) is 7.79. The molecule has 0 aliphatic carbocycles. The molecule has 0 bridgehead atoms. The van der Waals surface area contributed by atoms with Crippen LogP contribution in [0.4, 0.5) is 0 Å². The maximum atomic E-state index is 5.85. The van der Waals surface area contributed by atoms with Crippen molar-refractivity contribution in [2.75, 3.05) is 0 Å². The lowest BCUT2D eigenvalue weighted by Crippen LogP contribution is -1.89. The average Bonchev–Trinajstić information content (AvgIpc) is 3.28. The van der Waals surface area contributed by atoms with Gasteiger partial charge in [-0.15, -0.1) is 11.3 Å². The van der Waals surface area contributed by atoms with Gasteiger partial charge in [0.05, 0.1) is 11.4 Å². The fourth-order valence-corrected chi connectivity index (χ4v) is 4.43. The fraction of sp³-hybridized carbons (Fsp3) is 0.150. The van der Waals surface area contributed by atoms with Crippen molar-refractivity contribution in [3.8, 4) is 33.8 Å². The summed E-state index contributed by atoms with van der Waals surface area (Å²) in [6.45, 7) is 6.27. The standard InChI is InChI=1S/C20H17NOS2/c1-12-4-5-20(22-12)16-9-18(15-6-7-23-11-15)21-19(10-16)17-8-13(2)24-14(17)3/h4-11H,1-3H3. The molecule has 0 amide bonds. The molecule has 4 aromatic rings. The quantitative estimate of drug-likeness (QED) is 0.409. The molecule has 0 radical (unpaired) electrons. The summed E-state index contributed by atoms with van der Waals surface area (Å²) in [5, 5.41) is 4.22. The van der Waals surface area contributed by atoms with Crippen LogP contribution in [0, 0.1) is 20.8 Å². The number of furan rings is 1. The molecule has 24 heavy (non-hydrogen) atoms. The van der Waals surface area contributed by atoms with Crippen molar-refractivity contribution in [1.82, 2.24) is 4.98 Å². The van der Waals surface area contributed by atoms with E-state index in [2.05, 4.69) is 48.9 Å². The number of hydrogen-bond acceptors (Lipinski definition) is 4. The molecule has 0 saturated heterocycles. The molecule has 0 aromatic carbocycles. The Bertz CT molecular complexity index is 993. The predicted octanol–water partition coefficient (Wildman–Crippen LogP) is 6.72. The summed E-state index contributed by atoms with van der Waals surface area (Å²) < 4.78 is 5.85. The number of rotatable bonds is 3.